The highest BCUT2D eigenvalue weighted by Gasteiger charge is 2.15. The molecule has 3 nitrogen and oxygen atoms in total. The minimum Gasteiger partial charge on any atom is -0.423 e. The molecule has 2 aromatic heterocycles. The number of rotatable bonds is 3. The Morgan fingerprint density at radius 1 is 1.19 bits per heavy atom. The first-order chi connectivity index (χ1) is 10.0. The number of aryl methyl sites for hydroxylation is 2. The van der Waals surface area contributed by atoms with E-state index in [1.54, 1.807) is 23.5 Å². The average molecular weight is 298 g/mol. The molecule has 3 rings (SSSR count). The van der Waals surface area contributed by atoms with E-state index < -0.39 is 5.63 Å². The van der Waals surface area contributed by atoms with Crippen LogP contribution in [0.25, 0.3) is 11.0 Å². The lowest BCUT2D eigenvalue weighted by Gasteiger charge is -2.02. The molecule has 106 valence electrons. The Balaban J connectivity index is 1.98. The zero-order valence-corrected chi connectivity index (χ0v) is 12.6. The third-order valence-corrected chi connectivity index (χ3v) is 4.37. The van der Waals surface area contributed by atoms with Crippen LogP contribution in [0.1, 0.15) is 25.7 Å². The molecule has 2 heterocycles. The summed E-state index contributed by atoms with van der Waals surface area (Å²) in [4.78, 5) is 26.4. The van der Waals surface area contributed by atoms with Gasteiger partial charge in [0.25, 0.3) is 0 Å². The van der Waals surface area contributed by atoms with Crippen molar-refractivity contribution in [2.45, 2.75) is 20.3 Å². The van der Waals surface area contributed by atoms with E-state index in [0.717, 1.165) is 15.1 Å². The van der Waals surface area contributed by atoms with E-state index in [9.17, 15) is 9.59 Å². The van der Waals surface area contributed by atoms with Crippen LogP contribution in [0.2, 0.25) is 0 Å². The molecule has 0 fully saturated rings. The Labute approximate surface area is 125 Å². The Hall–Kier alpha value is -2.20. The number of carbonyl (C=O) groups excluding carboxylic acids is 1. The van der Waals surface area contributed by atoms with E-state index in [-0.39, 0.29) is 12.2 Å². The van der Waals surface area contributed by atoms with Gasteiger partial charge in [0.1, 0.15) is 5.58 Å². The normalized spacial score (nSPS) is 11.0. The second kappa shape index (κ2) is 5.30. The minimum atomic E-state index is -0.438. The molecule has 0 radical (unpaired) electrons. The number of hydrogen-bond donors (Lipinski definition) is 0. The van der Waals surface area contributed by atoms with Gasteiger partial charge in [0, 0.05) is 32.7 Å². The monoisotopic (exact) mass is 298 g/mol. The molecule has 0 N–H and O–H groups in total. The summed E-state index contributed by atoms with van der Waals surface area (Å²) in [5.74, 6) is -0.0422. The lowest BCUT2D eigenvalue weighted by atomic mass is 10.0. The van der Waals surface area contributed by atoms with Crippen molar-refractivity contribution in [1.29, 1.82) is 0 Å². The fourth-order valence-corrected chi connectivity index (χ4v) is 3.35. The maximum absolute atomic E-state index is 12.4. The van der Waals surface area contributed by atoms with Gasteiger partial charge in [-0.15, -0.1) is 11.3 Å². The molecular weight excluding hydrogens is 284 g/mol. The van der Waals surface area contributed by atoms with Crippen LogP contribution in [0.4, 0.5) is 0 Å². The number of benzene rings is 1. The van der Waals surface area contributed by atoms with Crippen LogP contribution in [0.3, 0.4) is 0 Å². The predicted octanol–water partition coefficient (Wildman–Crippen LogP) is 3.90. The Kier molecular flexibility index (Phi) is 3.47. The van der Waals surface area contributed by atoms with Crippen LogP contribution in [0.15, 0.2) is 45.6 Å². The molecule has 0 aliphatic heterocycles. The van der Waals surface area contributed by atoms with Gasteiger partial charge in [-0.2, -0.15) is 0 Å². The number of ketones is 1. The standard InChI is InChI=1S/C17H14O3S/c1-10-7-14(11(2)21-10)15(18)9-13-8-12-5-3-4-6-16(12)20-17(13)19/h3-8H,9H2,1-2H3. The molecule has 1 aromatic carbocycles. The maximum Gasteiger partial charge on any atom is 0.339 e. The number of fused-ring (bicyclic) bond motifs is 1. The molecule has 0 saturated carbocycles. The highest BCUT2D eigenvalue weighted by molar-refractivity contribution is 7.12. The number of thiophene rings is 1. The van der Waals surface area contributed by atoms with Gasteiger partial charge in [-0.1, -0.05) is 18.2 Å². The quantitative estimate of drug-likeness (QED) is 0.544. The van der Waals surface area contributed by atoms with Crippen LogP contribution in [0, 0.1) is 13.8 Å². The fraction of sp³-hybridized carbons (Fsp3) is 0.176. The summed E-state index contributed by atoms with van der Waals surface area (Å²) >= 11 is 1.59. The van der Waals surface area contributed by atoms with Crippen molar-refractivity contribution in [3.8, 4) is 0 Å². The summed E-state index contributed by atoms with van der Waals surface area (Å²) in [6, 6.07) is 10.9. The second-order valence-corrected chi connectivity index (χ2v) is 6.48. The molecule has 0 amide bonds. The first kappa shape index (κ1) is 13.8. The Morgan fingerprint density at radius 3 is 2.67 bits per heavy atom. The molecule has 0 bridgehead atoms. The van der Waals surface area contributed by atoms with Gasteiger partial charge in [-0.25, -0.2) is 4.79 Å². The van der Waals surface area contributed by atoms with Crippen LogP contribution in [-0.2, 0) is 6.42 Å². The summed E-state index contributed by atoms with van der Waals surface area (Å²) in [7, 11) is 0. The van der Waals surface area contributed by atoms with Crippen LogP contribution >= 0.6 is 11.3 Å². The molecule has 21 heavy (non-hydrogen) atoms. The van der Waals surface area contributed by atoms with E-state index in [2.05, 4.69) is 0 Å². The van der Waals surface area contributed by atoms with E-state index in [0.29, 0.717) is 16.7 Å². The molecule has 0 atom stereocenters. The largest absolute Gasteiger partial charge is 0.423 e. The van der Waals surface area contributed by atoms with Gasteiger partial charge in [-0.05, 0) is 32.0 Å². The molecule has 0 aliphatic rings. The molecule has 0 saturated heterocycles. The van der Waals surface area contributed by atoms with Crippen LogP contribution in [-0.4, -0.2) is 5.78 Å². The summed E-state index contributed by atoms with van der Waals surface area (Å²) in [5, 5.41) is 0.832. The van der Waals surface area contributed by atoms with E-state index in [1.807, 2.05) is 38.1 Å². The predicted molar refractivity (Wildman–Crippen MR) is 84.3 cm³/mol. The van der Waals surface area contributed by atoms with Gasteiger partial charge in [0.05, 0.1) is 0 Å². The Morgan fingerprint density at radius 2 is 1.95 bits per heavy atom. The molecular formula is C17H14O3S. The summed E-state index contributed by atoms with van der Waals surface area (Å²) in [5.41, 5.74) is 1.21. The summed E-state index contributed by atoms with van der Waals surface area (Å²) in [6.45, 7) is 3.90. The lowest BCUT2D eigenvalue weighted by molar-refractivity contribution is 0.0992. The van der Waals surface area contributed by atoms with Crippen LogP contribution < -0.4 is 5.63 Å². The third-order valence-electron chi connectivity index (χ3n) is 3.41. The van der Waals surface area contributed by atoms with Crippen molar-refractivity contribution in [1.82, 2.24) is 0 Å². The molecule has 4 heteroatoms. The van der Waals surface area contributed by atoms with Gasteiger partial charge < -0.3 is 4.42 Å². The number of carbonyl (C=O) groups is 1. The van der Waals surface area contributed by atoms with Crippen molar-refractivity contribution in [3.63, 3.8) is 0 Å². The van der Waals surface area contributed by atoms with Gasteiger partial charge >= 0.3 is 5.63 Å². The van der Waals surface area contributed by atoms with E-state index in [1.165, 1.54) is 0 Å². The van der Waals surface area contributed by atoms with Crippen molar-refractivity contribution < 1.29 is 9.21 Å². The summed E-state index contributed by atoms with van der Waals surface area (Å²) in [6.07, 6.45) is 0.0736. The van der Waals surface area contributed by atoms with Crippen LogP contribution in [0.5, 0.6) is 0 Å². The molecule has 3 aromatic rings. The first-order valence-corrected chi connectivity index (χ1v) is 7.48. The molecule has 0 aliphatic carbocycles. The van der Waals surface area contributed by atoms with Crippen molar-refractivity contribution in [2.75, 3.05) is 0 Å². The third kappa shape index (κ3) is 2.67. The van der Waals surface area contributed by atoms with E-state index in [4.69, 9.17) is 4.42 Å². The van der Waals surface area contributed by atoms with Crippen molar-refractivity contribution in [2.24, 2.45) is 0 Å². The molecule has 0 unspecified atom stereocenters. The zero-order chi connectivity index (χ0) is 15.0. The lowest BCUT2D eigenvalue weighted by Crippen LogP contribution is -2.13. The first-order valence-electron chi connectivity index (χ1n) is 6.66. The van der Waals surface area contributed by atoms with Gasteiger partial charge in [0.15, 0.2) is 5.78 Å². The smallest absolute Gasteiger partial charge is 0.339 e. The van der Waals surface area contributed by atoms with Gasteiger partial charge in [0.2, 0.25) is 0 Å². The fourth-order valence-electron chi connectivity index (χ4n) is 2.40. The van der Waals surface area contributed by atoms with Gasteiger partial charge in [-0.3, -0.25) is 4.79 Å². The minimum absolute atomic E-state index is 0.0422. The topological polar surface area (TPSA) is 47.3 Å². The highest BCUT2D eigenvalue weighted by Crippen LogP contribution is 2.22. The summed E-state index contributed by atoms with van der Waals surface area (Å²) < 4.78 is 5.26. The number of hydrogen-bond acceptors (Lipinski definition) is 4. The SMILES string of the molecule is Cc1cc(C(=O)Cc2cc3ccccc3oc2=O)c(C)s1. The second-order valence-electron chi connectivity index (χ2n) is 5.02. The highest BCUT2D eigenvalue weighted by atomic mass is 32.1. The van der Waals surface area contributed by atoms with E-state index >= 15 is 0 Å². The van der Waals surface area contributed by atoms with Crippen molar-refractivity contribution >= 4 is 28.1 Å². The maximum atomic E-state index is 12.4. The van der Waals surface area contributed by atoms with Crippen molar-refractivity contribution in [3.05, 3.63) is 67.7 Å². The number of Topliss-reactive ketones (excluding diaryl/α,β-unsaturated/α-hetero) is 1. The molecule has 0 spiro atoms. The zero-order valence-electron chi connectivity index (χ0n) is 11.8. The Bertz CT molecular complexity index is 886. The average Bonchev–Trinajstić information content (AvgIpc) is 2.78. The number of para-hydroxylation sites is 1.